The van der Waals surface area contributed by atoms with E-state index in [4.69, 9.17) is 0 Å². The van der Waals surface area contributed by atoms with Gasteiger partial charge in [-0.1, -0.05) is 35.7 Å². The van der Waals surface area contributed by atoms with Crippen LogP contribution in [-0.4, -0.2) is 65.3 Å². The first-order valence-corrected chi connectivity index (χ1v) is 12.9. The van der Waals surface area contributed by atoms with Crippen molar-refractivity contribution in [2.45, 2.75) is 0 Å². The van der Waals surface area contributed by atoms with Crippen molar-refractivity contribution in [3.8, 4) is 0 Å². The number of hydrogen-bond acceptors (Lipinski definition) is 6. The lowest BCUT2D eigenvalue weighted by molar-refractivity contribution is -0.113. The number of rotatable bonds is 5. The number of nitrogens with zero attached hydrogens (tertiary/aromatic N) is 3. The van der Waals surface area contributed by atoms with E-state index in [1.807, 2.05) is 53.4 Å². The number of aliphatic imine (C=N–C) groups is 1. The Balaban J connectivity index is 1.26. The van der Waals surface area contributed by atoms with Gasteiger partial charge in [-0.3, -0.25) is 14.6 Å². The number of carbonyl (C=O) groups is 2. The van der Waals surface area contributed by atoms with Crippen molar-refractivity contribution >= 4 is 67.0 Å². The predicted molar refractivity (Wildman–Crippen MR) is 135 cm³/mol. The van der Waals surface area contributed by atoms with Crippen LogP contribution in [0.15, 0.2) is 58.0 Å². The summed E-state index contributed by atoms with van der Waals surface area (Å²) < 4.78 is 1.83. The molecule has 2 heterocycles. The van der Waals surface area contributed by atoms with E-state index in [2.05, 4.69) is 31.1 Å². The number of halogens is 1. The van der Waals surface area contributed by atoms with Gasteiger partial charge in [0.2, 0.25) is 5.91 Å². The molecule has 0 saturated carbocycles. The van der Waals surface area contributed by atoms with Gasteiger partial charge < -0.3 is 15.1 Å². The van der Waals surface area contributed by atoms with Gasteiger partial charge in [0.15, 0.2) is 0 Å². The first-order valence-electron chi connectivity index (χ1n) is 10.1. The molecule has 1 N–H and O–H groups in total. The van der Waals surface area contributed by atoms with Crippen LogP contribution in [0.4, 0.5) is 11.4 Å². The Hall–Kier alpha value is -1.97. The summed E-state index contributed by atoms with van der Waals surface area (Å²) >= 11 is 6.67. The second-order valence-electron chi connectivity index (χ2n) is 7.14. The average Bonchev–Trinajstić information content (AvgIpc) is 3.32. The molecule has 0 unspecified atom stereocenters. The summed E-state index contributed by atoms with van der Waals surface area (Å²) in [5.74, 6) is 1.43. The lowest BCUT2D eigenvalue weighted by atomic mass is 10.1. The van der Waals surface area contributed by atoms with E-state index in [0.29, 0.717) is 24.4 Å². The first kappa shape index (κ1) is 22.2. The fourth-order valence-electron chi connectivity index (χ4n) is 3.46. The summed E-state index contributed by atoms with van der Waals surface area (Å²) in [4.78, 5) is 33.4. The topological polar surface area (TPSA) is 65.0 Å². The fraction of sp³-hybridized carbons (Fsp3) is 0.318. The van der Waals surface area contributed by atoms with E-state index in [1.54, 1.807) is 11.8 Å². The molecule has 0 aromatic heterocycles. The first-order chi connectivity index (χ1) is 15.1. The maximum absolute atomic E-state index is 12.8. The van der Waals surface area contributed by atoms with Crippen LogP contribution in [0.5, 0.6) is 0 Å². The molecular weight excluding hydrogens is 496 g/mol. The summed E-state index contributed by atoms with van der Waals surface area (Å²) in [6.07, 6.45) is 0. The van der Waals surface area contributed by atoms with Crippen molar-refractivity contribution in [2.24, 2.45) is 4.99 Å². The Bertz CT molecular complexity index is 976. The molecule has 0 spiro atoms. The van der Waals surface area contributed by atoms with Gasteiger partial charge in [0.25, 0.3) is 5.91 Å². The van der Waals surface area contributed by atoms with Crippen molar-refractivity contribution in [3.05, 3.63) is 58.6 Å². The number of carbonyl (C=O) groups excluding carboxylic acids is 2. The maximum Gasteiger partial charge on any atom is 0.255 e. The molecule has 2 aliphatic rings. The predicted octanol–water partition coefficient (Wildman–Crippen LogP) is 4.19. The third-order valence-corrected chi connectivity index (χ3v) is 8.02. The number of benzene rings is 2. The van der Waals surface area contributed by atoms with Gasteiger partial charge in [0.05, 0.1) is 17.9 Å². The molecule has 2 aromatic carbocycles. The van der Waals surface area contributed by atoms with Gasteiger partial charge in [0, 0.05) is 47.8 Å². The Kier molecular flexibility index (Phi) is 7.58. The van der Waals surface area contributed by atoms with Crippen molar-refractivity contribution in [2.75, 3.05) is 54.4 Å². The number of amides is 2. The lowest BCUT2D eigenvalue weighted by Crippen LogP contribution is -2.48. The van der Waals surface area contributed by atoms with Crippen LogP contribution < -0.4 is 10.2 Å². The van der Waals surface area contributed by atoms with E-state index in [1.165, 1.54) is 11.8 Å². The Morgan fingerprint density at radius 1 is 1.06 bits per heavy atom. The molecule has 0 bridgehead atoms. The monoisotopic (exact) mass is 518 g/mol. The molecule has 0 radical (unpaired) electrons. The molecular formula is C22H23BrN4O2S2. The normalized spacial score (nSPS) is 16.2. The zero-order chi connectivity index (χ0) is 21.6. The van der Waals surface area contributed by atoms with Crippen molar-refractivity contribution in [1.82, 2.24) is 4.90 Å². The molecule has 2 aliphatic heterocycles. The van der Waals surface area contributed by atoms with Crippen LogP contribution >= 0.6 is 39.5 Å². The van der Waals surface area contributed by atoms with Gasteiger partial charge in [-0.05, 0) is 52.3 Å². The number of hydrogen-bond donors (Lipinski definition) is 1. The molecule has 2 aromatic rings. The maximum atomic E-state index is 12.8. The highest BCUT2D eigenvalue weighted by atomic mass is 79.9. The smallest absolute Gasteiger partial charge is 0.255 e. The van der Waals surface area contributed by atoms with E-state index in [9.17, 15) is 9.59 Å². The Morgan fingerprint density at radius 3 is 2.48 bits per heavy atom. The highest BCUT2D eigenvalue weighted by molar-refractivity contribution is 9.10. The summed E-state index contributed by atoms with van der Waals surface area (Å²) in [5.41, 5.74) is 2.59. The van der Waals surface area contributed by atoms with Crippen LogP contribution in [0.1, 0.15) is 10.4 Å². The molecule has 0 atom stereocenters. The minimum absolute atomic E-state index is 0.0212. The number of nitrogens with one attached hydrogen (secondary N) is 1. The van der Waals surface area contributed by atoms with Gasteiger partial charge in [0.1, 0.15) is 4.38 Å². The third-order valence-electron chi connectivity index (χ3n) is 5.07. The zero-order valence-electron chi connectivity index (χ0n) is 16.9. The minimum Gasteiger partial charge on any atom is -0.368 e. The lowest BCUT2D eigenvalue weighted by Gasteiger charge is -2.36. The molecule has 2 amide bonds. The number of piperazine rings is 1. The second kappa shape index (κ2) is 10.6. The van der Waals surface area contributed by atoms with Crippen molar-refractivity contribution in [1.29, 1.82) is 0 Å². The van der Waals surface area contributed by atoms with Crippen LogP contribution in [0.2, 0.25) is 0 Å². The quantitative estimate of drug-likeness (QED) is 0.642. The molecule has 9 heteroatoms. The second-order valence-corrected chi connectivity index (χ2v) is 10.3. The molecule has 1 saturated heterocycles. The minimum atomic E-state index is -0.0212. The average molecular weight is 519 g/mol. The fourth-order valence-corrected chi connectivity index (χ4v) is 5.72. The van der Waals surface area contributed by atoms with Crippen LogP contribution in [0.25, 0.3) is 0 Å². The Labute approximate surface area is 199 Å². The highest BCUT2D eigenvalue weighted by Gasteiger charge is 2.23. The zero-order valence-corrected chi connectivity index (χ0v) is 20.1. The molecule has 31 heavy (non-hydrogen) atoms. The van der Waals surface area contributed by atoms with Gasteiger partial charge in [-0.15, -0.1) is 0 Å². The van der Waals surface area contributed by atoms with Crippen LogP contribution in [-0.2, 0) is 4.79 Å². The van der Waals surface area contributed by atoms with Crippen LogP contribution in [0.3, 0.4) is 0 Å². The SMILES string of the molecule is O=C(CSC1=NCCS1)Nc1ccc(N2CCN(C(=O)c3ccccc3Br)CC2)cc1. The largest absolute Gasteiger partial charge is 0.368 e. The summed E-state index contributed by atoms with van der Waals surface area (Å²) in [5, 5.41) is 2.94. The van der Waals surface area contributed by atoms with Crippen molar-refractivity contribution in [3.63, 3.8) is 0 Å². The standard InChI is InChI=1S/C22H23BrN4O2S2/c23-19-4-2-1-3-18(19)21(29)27-12-10-26(11-13-27)17-7-5-16(6-8-17)25-20(28)15-31-22-24-9-14-30-22/h1-8H,9-15H2,(H,25,28). The Morgan fingerprint density at radius 2 is 1.81 bits per heavy atom. The van der Waals surface area contributed by atoms with Gasteiger partial charge in [-0.25, -0.2) is 0 Å². The van der Waals surface area contributed by atoms with E-state index >= 15 is 0 Å². The van der Waals surface area contributed by atoms with Gasteiger partial charge >= 0.3 is 0 Å². The summed E-state index contributed by atoms with van der Waals surface area (Å²) in [6, 6.07) is 15.4. The highest BCUT2D eigenvalue weighted by Crippen LogP contribution is 2.24. The molecule has 162 valence electrons. The number of anilines is 2. The van der Waals surface area contributed by atoms with Gasteiger partial charge in [-0.2, -0.15) is 0 Å². The number of thioether (sulfide) groups is 2. The summed E-state index contributed by atoms with van der Waals surface area (Å²) in [6.45, 7) is 3.76. The van der Waals surface area contributed by atoms with E-state index in [-0.39, 0.29) is 11.8 Å². The van der Waals surface area contributed by atoms with Crippen molar-refractivity contribution < 1.29 is 9.59 Å². The summed E-state index contributed by atoms with van der Waals surface area (Å²) in [7, 11) is 0. The molecule has 1 fully saturated rings. The molecule has 0 aliphatic carbocycles. The van der Waals surface area contributed by atoms with Crippen LogP contribution in [0, 0.1) is 0 Å². The van der Waals surface area contributed by atoms with E-state index in [0.717, 1.165) is 45.6 Å². The molecule has 6 nitrogen and oxygen atoms in total. The third kappa shape index (κ3) is 5.84. The molecule has 4 rings (SSSR count). The van der Waals surface area contributed by atoms with E-state index < -0.39 is 0 Å².